The molecule has 2 rings (SSSR count). The fourth-order valence-electron chi connectivity index (χ4n) is 1.88. The molecule has 1 aromatic carbocycles. The minimum absolute atomic E-state index is 0.0374. The highest BCUT2D eigenvalue weighted by molar-refractivity contribution is 6.35. The number of aromatic nitrogens is 3. The van der Waals surface area contributed by atoms with E-state index < -0.39 is 0 Å². The van der Waals surface area contributed by atoms with Gasteiger partial charge in [0.25, 0.3) is 0 Å². The van der Waals surface area contributed by atoms with E-state index >= 15 is 0 Å². The molecule has 0 radical (unpaired) electrons. The van der Waals surface area contributed by atoms with Crippen LogP contribution < -0.4 is 11.3 Å². The Morgan fingerprint density at radius 2 is 2.16 bits per heavy atom. The van der Waals surface area contributed by atoms with Gasteiger partial charge in [0, 0.05) is 35.8 Å². The third-order valence-electron chi connectivity index (χ3n) is 2.82. The SMILES string of the molecule is Cn1cc(CC(Cc2ccc(Cl)cc2Cl)NN)nn1. The largest absolute Gasteiger partial charge is 0.271 e. The molecular weight excluding hydrogens is 285 g/mol. The highest BCUT2D eigenvalue weighted by Gasteiger charge is 2.13. The molecule has 1 unspecified atom stereocenters. The quantitative estimate of drug-likeness (QED) is 0.652. The number of hydrogen-bond donors (Lipinski definition) is 2. The van der Waals surface area contributed by atoms with Crippen LogP contribution in [0.3, 0.4) is 0 Å². The van der Waals surface area contributed by atoms with Crippen LogP contribution >= 0.6 is 23.2 Å². The second-order valence-corrected chi connectivity index (χ2v) is 5.23. The van der Waals surface area contributed by atoms with Gasteiger partial charge in [0.05, 0.1) is 5.69 Å². The molecule has 0 aliphatic heterocycles. The number of hydrogen-bond acceptors (Lipinski definition) is 4. The lowest BCUT2D eigenvalue weighted by molar-refractivity contribution is 0.517. The Kier molecular flexibility index (Phi) is 4.76. The van der Waals surface area contributed by atoms with Gasteiger partial charge in [0.15, 0.2) is 0 Å². The van der Waals surface area contributed by atoms with Gasteiger partial charge in [-0.15, -0.1) is 5.10 Å². The topological polar surface area (TPSA) is 68.8 Å². The molecule has 0 saturated carbocycles. The predicted molar refractivity (Wildman–Crippen MR) is 76.0 cm³/mol. The number of hydrazine groups is 1. The summed E-state index contributed by atoms with van der Waals surface area (Å²) < 4.78 is 1.66. The number of nitrogens with zero attached hydrogens (tertiary/aromatic N) is 3. The maximum Gasteiger partial charge on any atom is 0.0843 e. The van der Waals surface area contributed by atoms with Crippen molar-refractivity contribution >= 4 is 23.2 Å². The molecule has 2 aromatic rings. The van der Waals surface area contributed by atoms with Crippen LogP contribution in [-0.2, 0) is 19.9 Å². The molecule has 0 aliphatic rings. The van der Waals surface area contributed by atoms with E-state index in [-0.39, 0.29) is 6.04 Å². The van der Waals surface area contributed by atoms with Gasteiger partial charge < -0.3 is 0 Å². The van der Waals surface area contributed by atoms with Crippen molar-refractivity contribution in [2.24, 2.45) is 12.9 Å². The molecule has 0 amide bonds. The average molecular weight is 300 g/mol. The van der Waals surface area contributed by atoms with Crippen LogP contribution in [0.1, 0.15) is 11.3 Å². The standard InChI is InChI=1S/C12H15Cl2N5/c1-19-7-11(17-18-19)6-10(16-15)4-8-2-3-9(13)5-12(8)14/h2-3,5,7,10,16H,4,6,15H2,1H3. The Morgan fingerprint density at radius 3 is 2.74 bits per heavy atom. The first-order chi connectivity index (χ1) is 9.08. The molecule has 19 heavy (non-hydrogen) atoms. The van der Waals surface area contributed by atoms with Gasteiger partial charge in [-0.25, -0.2) is 0 Å². The lowest BCUT2D eigenvalue weighted by Gasteiger charge is -2.15. The average Bonchev–Trinajstić information content (AvgIpc) is 2.77. The molecule has 1 atom stereocenters. The van der Waals surface area contributed by atoms with Crippen LogP contribution in [0.25, 0.3) is 0 Å². The first kappa shape index (κ1) is 14.3. The van der Waals surface area contributed by atoms with Crippen LogP contribution in [0.5, 0.6) is 0 Å². The fourth-order valence-corrected chi connectivity index (χ4v) is 2.37. The van der Waals surface area contributed by atoms with E-state index in [0.717, 1.165) is 11.3 Å². The van der Waals surface area contributed by atoms with Crippen molar-refractivity contribution < 1.29 is 0 Å². The molecule has 102 valence electrons. The summed E-state index contributed by atoms with van der Waals surface area (Å²) in [5.41, 5.74) is 4.66. The minimum Gasteiger partial charge on any atom is -0.271 e. The monoisotopic (exact) mass is 299 g/mol. The van der Waals surface area contributed by atoms with E-state index in [1.165, 1.54) is 0 Å². The Hall–Kier alpha value is -1.14. The molecule has 1 heterocycles. The highest BCUT2D eigenvalue weighted by Crippen LogP contribution is 2.22. The Labute approximate surface area is 121 Å². The summed E-state index contributed by atoms with van der Waals surface area (Å²) >= 11 is 12.0. The number of benzene rings is 1. The number of nitrogens with two attached hydrogens (primary N) is 1. The number of rotatable bonds is 5. The number of aryl methyl sites for hydroxylation is 1. The molecule has 0 saturated heterocycles. The van der Waals surface area contributed by atoms with Crippen LogP contribution in [0.2, 0.25) is 10.0 Å². The predicted octanol–water partition coefficient (Wildman–Crippen LogP) is 1.74. The minimum atomic E-state index is 0.0374. The fraction of sp³-hybridized carbons (Fsp3) is 0.333. The van der Waals surface area contributed by atoms with Gasteiger partial charge in [-0.1, -0.05) is 34.5 Å². The van der Waals surface area contributed by atoms with Crippen molar-refractivity contribution in [3.8, 4) is 0 Å². The van der Waals surface area contributed by atoms with Gasteiger partial charge in [0.1, 0.15) is 0 Å². The maximum atomic E-state index is 6.15. The number of nitrogens with one attached hydrogen (secondary N) is 1. The summed E-state index contributed by atoms with van der Waals surface area (Å²) in [6.07, 6.45) is 3.25. The van der Waals surface area contributed by atoms with Crippen molar-refractivity contribution in [2.45, 2.75) is 18.9 Å². The third-order valence-corrected chi connectivity index (χ3v) is 3.41. The molecule has 0 fully saturated rings. The molecule has 0 bridgehead atoms. The first-order valence-corrected chi connectivity index (χ1v) is 6.59. The third kappa shape index (κ3) is 3.91. The van der Waals surface area contributed by atoms with E-state index in [1.54, 1.807) is 10.7 Å². The summed E-state index contributed by atoms with van der Waals surface area (Å²) in [5, 5.41) is 9.21. The summed E-state index contributed by atoms with van der Waals surface area (Å²) in [4.78, 5) is 0. The van der Waals surface area contributed by atoms with Crippen LogP contribution in [0.4, 0.5) is 0 Å². The van der Waals surface area contributed by atoms with Crippen LogP contribution in [-0.4, -0.2) is 21.0 Å². The van der Waals surface area contributed by atoms with E-state index in [2.05, 4.69) is 15.7 Å². The van der Waals surface area contributed by atoms with Crippen molar-refractivity contribution in [3.63, 3.8) is 0 Å². The Bertz CT molecular complexity index is 555. The van der Waals surface area contributed by atoms with Crippen molar-refractivity contribution in [3.05, 3.63) is 45.7 Å². The summed E-state index contributed by atoms with van der Waals surface area (Å²) in [6.45, 7) is 0. The Morgan fingerprint density at radius 1 is 1.37 bits per heavy atom. The van der Waals surface area contributed by atoms with E-state index in [4.69, 9.17) is 29.0 Å². The van der Waals surface area contributed by atoms with Gasteiger partial charge in [-0.2, -0.15) is 0 Å². The lowest BCUT2D eigenvalue weighted by Crippen LogP contribution is -2.38. The zero-order valence-electron chi connectivity index (χ0n) is 10.5. The Balaban J connectivity index is 2.06. The van der Waals surface area contributed by atoms with Crippen LogP contribution in [0, 0.1) is 0 Å². The molecule has 0 aliphatic carbocycles. The summed E-state index contributed by atoms with van der Waals surface area (Å²) in [5.74, 6) is 5.58. The zero-order chi connectivity index (χ0) is 13.8. The van der Waals surface area contributed by atoms with Crippen molar-refractivity contribution in [1.82, 2.24) is 20.4 Å². The lowest BCUT2D eigenvalue weighted by atomic mass is 10.0. The second kappa shape index (κ2) is 6.34. The molecule has 3 N–H and O–H groups in total. The maximum absolute atomic E-state index is 6.15. The van der Waals surface area contributed by atoms with Gasteiger partial charge in [-0.05, 0) is 24.1 Å². The first-order valence-electron chi connectivity index (χ1n) is 5.83. The van der Waals surface area contributed by atoms with Crippen LogP contribution in [0.15, 0.2) is 24.4 Å². The van der Waals surface area contributed by atoms with E-state index in [9.17, 15) is 0 Å². The molecule has 5 nitrogen and oxygen atoms in total. The van der Waals surface area contributed by atoms with E-state index in [0.29, 0.717) is 22.9 Å². The molecule has 7 heteroatoms. The van der Waals surface area contributed by atoms with E-state index in [1.807, 2.05) is 25.4 Å². The van der Waals surface area contributed by atoms with Gasteiger partial charge >= 0.3 is 0 Å². The molecule has 0 spiro atoms. The molecule has 1 aromatic heterocycles. The van der Waals surface area contributed by atoms with Gasteiger partial charge in [-0.3, -0.25) is 16.0 Å². The number of halogens is 2. The van der Waals surface area contributed by atoms with Gasteiger partial charge in [0.2, 0.25) is 0 Å². The zero-order valence-corrected chi connectivity index (χ0v) is 12.0. The molecular formula is C12H15Cl2N5. The summed E-state index contributed by atoms with van der Waals surface area (Å²) in [7, 11) is 1.83. The smallest absolute Gasteiger partial charge is 0.0843 e. The van der Waals surface area contributed by atoms with Crippen molar-refractivity contribution in [1.29, 1.82) is 0 Å². The summed E-state index contributed by atoms with van der Waals surface area (Å²) in [6, 6.07) is 5.49. The highest BCUT2D eigenvalue weighted by atomic mass is 35.5. The second-order valence-electron chi connectivity index (χ2n) is 4.39. The van der Waals surface area contributed by atoms with Crippen molar-refractivity contribution in [2.75, 3.05) is 0 Å². The normalized spacial score (nSPS) is 12.6.